The first kappa shape index (κ1) is 14.4. The van der Waals surface area contributed by atoms with Gasteiger partial charge in [0.2, 0.25) is 10.0 Å². The zero-order chi connectivity index (χ0) is 13.2. The van der Waals surface area contributed by atoms with E-state index in [-0.39, 0.29) is 10.9 Å². The van der Waals surface area contributed by atoms with Gasteiger partial charge in [0.15, 0.2) is 0 Å². The van der Waals surface area contributed by atoms with Crippen molar-refractivity contribution in [3.05, 3.63) is 22.9 Å². The standard InChI is InChI=1S/C11H14Br2N2O2S/c12-8-1-3-10(4-2-8)15-18(16,17)11-5-9(13)6-14-7-11/h5-8,10,15H,1-4H2. The summed E-state index contributed by atoms with van der Waals surface area (Å²) < 4.78 is 27.7. The van der Waals surface area contributed by atoms with Crippen molar-refractivity contribution in [1.29, 1.82) is 0 Å². The molecule has 0 spiro atoms. The zero-order valence-electron chi connectivity index (χ0n) is 9.64. The third kappa shape index (κ3) is 3.76. The molecule has 0 aromatic carbocycles. The number of nitrogens with one attached hydrogen (secondary N) is 1. The molecule has 1 saturated carbocycles. The van der Waals surface area contributed by atoms with E-state index >= 15 is 0 Å². The lowest BCUT2D eigenvalue weighted by atomic mass is 9.96. The Morgan fingerprint density at radius 1 is 1.22 bits per heavy atom. The number of alkyl halides is 1. The number of rotatable bonds is 3. The fourth-order valence-corrected chi connectivity index (χ4v) is 4.33. The fraction of sp³-hybridized carbons (Fsp3) is 0.545. The van der Waals surface area contributed by atoms with Crippen molar-refractivity contribution in [2.45, 2.75) is 41.4 Å². The first-order chi connectivity index (χ1) is 8.47. The molecular formula is C11H14Br2N2O2S. The predicted molar refractivity (Wildman–Crippen MR) is 77.2 cm³/mol. The van der Waals surface area contributed by atoms with Crippen LogP contribution in [0.4, 0.5) is 0 Å². The highest BCUT2D eigenvalue weighted by Gasteiger charge is 2.24. The van der Waals surface area contributed by atoms with Gasteiger partial charge in [-0.1, -0.05) is 15.9 Å². The highest BCUT2D eigenvalue weighted by atomic mass is 79.9. The number of aromatic nitrogens is 1. The molecule has 2 rings (SSSR count). The summed E-state index contributed by atoms with van der Waals surface area (Å²) in [6, 6.07) is 1.59. The van der Waals surface area contributed by atoms with E-state index in [0.717, 1.165) is 25.7 Å². The van der Waals surface area contributed by atoms with E-state index in [0.29, 0.717) is 9.30 Å². The minimum atomic E-state index is -3.46. The second-order valence-corrected chi connectivity index (χ2v) is 8.33. The van der Waals surface area contributed by atoms with Crippen LogP contribution in [-0.2, 0) is 10.0 Å². The molecule has 0 atom stereocenters. The molecule has 0 aliphatic heterocycles. The van der Waals surface area contributed by atoms with Gasteiger partial charge in [-0.25, -0.2) is 13.1 Å². The average Bonchev–Trinajstić information content (AvgIpc) is 2.32. The number of halogens is 2. The van der Waals surface area contributed by atoms with Crippen LogP contribution in [0.2, 0.25) is 0 Å². The van der Waals surface area contributed by atoms with Crippen LogP contribution in [0.15, 0.2) is 27.8 Å². The van der Waals surface area contributed by atoms with Crippen LogP contribution in [0.1, 0.15) is 25.7 Å². The number of sulfonamides is 1. The molecule has 1 aliphatic carbocycles. The second kappa shape index (κ2) is 5.98. The highest BCUT2D eigenvalue weighted by Crippen LogP contribution is 2.25. The van der Waals surface area contributed by atoms with E-state index in [4.69, 9.17) is 0 Å². The summed E-state index contributed by atoms with van der Waals surface area (Å²) in [6.45, 7) is 0. The molecule has 1 aliphatic rings. The zero-order valence-corrected chi connectivity index (χ0v) is 13.6. The first-order valence-electron chi connectivity index (χ1n) is 5.74. The van der Waals surface area contributed by atoms with Crippen molar-refractivity contribution in [3.8, 4) is 0 Å². The van der Waals surface area contributed by atoms with E-state index in [9.17, 15) is 8.42 Å². The Morgan fingerprint density at radius 2 is 1.89 bits per heavy atom. The van der Waals surface area contributed by atoms with Crippen molar-refractivity contribution in [2.24, 2.45) is 0 Å². The van der Waals surface area contributed by atoms with Crippen LogP contribution in [0.25, 0.3) is 0 Å². The molecule has 0 radical (unpaired) electrons. The maximum Gasteiger partial charge on any atom is 0.242 e. The summed E-state index contributed by atoms with van der Waals surface area (Å²) in [5.41, 5.74) is 0. The molecule has 7 heteroatoms. The highest BCUT2D eigenvalue weighted by molar-refractivity contribution is 9.10. The number of hydrogen-bond acceptors (Lipinski definition) is 3. The summed E-state index contributed by atoms with van der Waals surface area (Å²) in [5, 5.41) is 0. The Kier molecular flexibility index (Phi) is 4.80. The third-order valence-corrected chi connectivity index (χ3v) is 5.81. The van der Waals surface area contributed by atoms with E-state index in [2.05, 4.69) is 41.6 Å². The van der Waals surface area contributed by atoms with Gasteiger partial charge in [0, 0.05) is 27.7 Å². The average molecular weight is 398 g/mol. The van der Waals surface area contributed by atoms with Gasteiger partial charge >= 0.3 is 0 Å². The molecule has 18 heavy (non-hydrogen) atoms. The second-order valence-electron chi connectivity index (χ2n) is 4.41. The van der Waals surface area contributed by atoms with E-state index in [1.807, 2.05) is 0 Å². The van der Waals surface area contributed by atoms with Gasteiger partial charge in [0.1, 0.15) is 4.90 Å². The Hall–Kier alpha value is 0.0200. The van der Waals surface area contributed by atoms with Crippen LogP contribution in [0, 0.1) is 0 Å². The maximum atomic E-state index is 12.2. The van der Waals surface area contributed by atoms with Gasteiger partial charge in [-0.3, -0.25) is 4.98 Å². The maximum absolute atomic E-state index is 12.2. The first-order valence-corrected chi connectivity index (χ1v) is 8.93. The van der Waals surface area contributed by atoms with Crippen molar-refractivity contribution in [1.82, 2.24) is 9.71 Å². The van der Waals surface area contributed by atoms with Crippen molar-refractivity contribution >= 4 is 41.9 Å². The SMILES string of the molecule is O=S(=O)(NC1CCC(Br)CC1)c1cncc(Br)c1. The Bertz CT molecular complexity index is 514. The summed E-state index contributed by atoms with van der Waals surface area (Å²) in [6.07, 6.45) is 6.68. The molecule has 4 nitrogen and oxygen atoms in total. The molecule has 1 aromatic rings. The summed E-state index contributed by atoms with van der Waals surface area (Å²) >= 11 is 6.78. The van der Waals surface area contributed by atoms with Crippen molar-refractivity contribution in [2.75, 3.05) is 0 Å². The van der Waals surface area contributed by atoms with Gasteiger partial charge in [-0.2, -0.15) is 0 Å². The van der Waals surface area contributed by atoms with Crippen LogP contribution in [-0.4, -0.2) is 24.3 Å². The van der Waals surface area contributed by atoms with Gasteiger partial charge in [0.25, 0.3) is 0 Å². The van der Waals surface area contributed by atoms with Crippen LogP contribution in [0.3, 0.4) is 0 Å². The monoisotopic (exact) mass is 396 g/mol. The van der Waals surface area contributed by atoms with Crippen LogP contribution in [0.5, 0.6) is 0 Å². The number of hydrogen-bond donors (Lipinski definition) is 1. The van der Waals surface area contributed by atoms with Crippen molar-refractivity contribution < 1.29 is 8.42 Å². The molecule has 100 valence electrons. The summed E-state index contributed by atoms with van der Waals surface area (Å²) in [5.74, 6) is 0. The van der Waals surface area contributed by atoms with E-state index in [1.54, 1.807) is 12.3 Å². The molecule has 0 saturated heterocycles. The fourth-order valence-electron chi connectivity index (χ4n) is 2.00. The molecular weight excluding hydrogens is 384 g/mol. The van der Waals surface area contributed by atoms with Crippen LogP contribution >= 0.6 is 31.9 Å². The summed E-state index contributed by atoms with van der Waals surface area (Å²) in [7, 11) is -3.46. The van der Waals surface area contributed by atoms with E-state index < -0.39 is 10.0 Å². The molecule has 1 N–H and O–H groups in total. The number of nitrogens with zero attached hydrogens (tertiary/aromatic N) is 1. The van der Waals surface area contributed by atoms with E-state index in [1.165, 1.54) is 6.20 Å². The largest absolute Gasteiger partial charge is 0.262 e. The quantitative estimate of drug-likeness (QED) is 0.797. The van der Waals surface area contributed by atoms with Gasteiger partial charge < -0.3 is 0 Å². The van der Waals surface area contributed by atoms with Gasteiger partial charge in [-0.15, -0.1) is 0 Å². The molecule has 1 fully saturated rings. The smallest absolute Gasteiger partial charge is 0.242 e. The molecule has 0 unspecified atom stereocenters. The Labute approximate surface area is 124 Å². The molecule has 1 aromatic heterocycles. The third-order valence-electron chi connectivity index (χ3n) is 2.97. The molecule has 0 bridgehead atoms. The Balaban J connectivity index is 2.08. The normalized spacial score (nSPS) is 25.0. The van der Waals surface area contributed by atoms with Gasteiger partial charge in [-0.05, 0) is 47.7 Å². The van der Waals surface area contributed by atoms with Crippen LogP contribution < -0.4 is 4.72 Å². The molecule has 0 amide bonds. The minimum absolute atomic E-state index is 0.0304. The lowest BCUT2D eigenvalue weighted by Crippen LogP contribution is -2.37. The predicted octanol–water partition coefficient (Wildman–Crippen LogP) is 2.83. The topological polar surface area (TPSA) is 59.1 Å². The van der Waals surface area contributed by atoms with Crippen molar-refractivity contribution in [3.63, 3.8) is 0 Å². The summed E-state index contributed by atoms with van der Waals surface area (Å²) in [4.78, 5) is 4.61. The number of pyridine rings is 1. The van der Waals surface area contributed by atoms with Gasteiger partial charge in [0.05, 0.1) is 0 Å². The lowest BCUT2D eigenvalue weighted by molar-refractivity contribution is 0.422. The minimum Gasteiger partial charge on any atom is -0.262 e. The lowest BCUT2D eigenvalue weighted by Gasteiger charge is -2.25. The molecule has 1 heterocycles. The Morgan fingerprint density at radius 3 is 2.50 bits per heavy atom.